The standard InChI is InChI=1S/C4H9.ClH.Zn/c1-4(2)3;;/h4H,1H2,2-3H3;1H;/q;;+1/p-1. The second kappa shape index (κ2) is 5.91. The molecular weight excluding hydrogens is 149 g/mol. The van der Waals surface area contributed by atoms with Crippen molar-refractivity contribution in [2.75, 3.05) is 0 Å². The van der Waals surface area contributed by atoms with Gasteiger partial charge in [0, 0.05) is 0 Å². The molecule has 0 rings (SSSR count). The summed E-state index contributed by atoms with van der Waals surface area (Å²) in [5.74, 6) is 0.940. The van der Waals surface area contributed by atoms with E-state index in [1.165, 1.54) is 23.3 Å². The van der Waals surface area contributed by atoms with E-state index in [0.717, 1.165) is 5.92 Å². The Balaban J connectivity index is 0. The molecule has 0 radical (unpaired) electrons. The van der Waals surface area contributed by atoms with Crippen LogP contribution in [0.15, 0.2) is 0 Å². The van der Waals surface area contributed by atoms with Crippen LogP contribution in [0.1, 0.15) is 13.8 Å². The molecule has 0 aromatic rings. The van der Waals surface area contributed by atoms with E-state index < -0.39 is 0 Å². The van der Waals surface area contributed by atoms with E-state index in [-0.39, 0.29) is 12.4 Å². The average molecular weight is 158 g/mol. The third-order valence-electron chi connectivity index (χ3n) is 0.577. The van der Waals surface area contributed by atoms with Crippen molar-refractivity contribution < 1.29 is 30.7 Å². The van der Waals surface area contributed by atoms with Crippen LogP contribution in [0.2, 0.25) is 5.02 Å². The quantitative estimate of drug-likeness (QED) is 0.412. The molecule has 0 heterocycles. The molecule has 0 aromatic heterocycles. The van der Waals surface area contributed by atoms with Gasteiger partial charge in [-0.1, -0.05) is 0 Å². The fraction of sp³-hybridized carbons (Fsp3) is 1.00. The number of halogens is 1. The van der Waals surface area contributed by atoms with Crippen LogP contribution < -0.4 is 12.4 Å². The third kappa shape index (κ3) is 8.87. The molecule has 0 N–H and O–H groups in total. The normalized spacial score (nSPS) is 8.17. The van der Waals surface area contributed by atoms with E-state index in [4.69, 9.17) is 0 Å². The third-order valence-corrected chi connectivity index (χ3v) is 3.00. The summed E-state index contributed by atoms with van der Waals surface area (Å²) in [6, 6.07) is 0. The maximum absolute atomic E-state index is 2.25. The summed E-state index contributed by atoms with van der Waals surface area (Å²) in [4.78, 5) is 0. The van der Waals surface area contributed by atoms with Gasteiger partial charge in [0.1, 0.15) is 0 Å². The number of hydrogen-bond donors (Lipinski definition) is 0. The molecule has 0 aliphatic heterocycles. The van der Waals surface area contributed by atoms with Crippen molar-refractivity contribution in [3.8, 4) is 0 Å². The van der Waals surface area contributed by atoms with Crippen LogP contribution in [0.3, 0.4) is 0 Å². The maximum atomic E-state index is 2.25. The van der Waals surface area contributed by atoms with Crippen molar-refractivity contribution in [2.24, 2.45) is 5.92 Å². The van der Waals surface area contributed by atoms with E-state index in [1.54, 1.807) is 0 Å². The van der Waals surface area contributed by atoms with Gasteiger partial charge in [0.2, 0.25) is 0 Å². The predicted molar refractivity (Wildman–Crippen MR) is 19.6 cm³/mol. The minimum absolute atomic E-state index is 0. The molecule has 0 nitrogen and oxygen atoms in total. The Morgan fingerprint density at radius 2 is 1.67 bits per heavy atom. The molecule has 0 saturated carbocycles. The van der Waals surface area contributed by atoms with Gasteiger partial charge < -0.3 is 12.4 Å². The molecule has 0 unspecified atom stereocenters. The predicted octanol–water partition coefficient (Wildman–Crippen LogP) is -1.39. The van der Waals surface area contributed by atoms with Crippen molar-refractivity contribution in [2.45, 2.75) is 18.9 Å². The first kappa shape index (κ1) is 10.0. The SMILES string of the molecule is CC(C)[CH2][Zn+].[Cl-]. The summed E-state index contributed by atoms with van der Waals surface area (Å²) in [6.07, 6.45) is 0. The largest absolute Gasteiger partial charge is 1.00 e. The van der Waals surface area contributed by atoms with Crippen molar-refractivity contribution in [1.82, 2.24) is 0 Å². The van der Waals surface area contributed by atoms with Gasteiger partial charge in [-0.25, -0.2) is 0 Å². The Hall–Kier alpha value is 0.913. The summed E-state index contributed by atoms with van der Waals surface area (Å²) in [5, 5.41) is 1.43. The van der Waals surface area contributed by atoms with Crippen LogP contribution >= 0.6 is 0 Å². The van der Waals surface area contributed by atoms with Gasteiger partial charge in [0.15, 0.2) is 0 Å². The Morgan fingerprint density at radius 3 is 1.67 bits per heavy atom. The molecule has 0 atom stereocenters. The number of rotatable bonds is 1. The van der Waals surface area contributed by atoms with Crippen LogP contribution in [-0.4, -0.2) is 0 Å². The Morgan fingerprint density at radius 1 is 1.50 bits per heavy atom. The van der Waals surface area contributed by atoms with E-state index in [1.807, 2.05) is 0 Å². The van der Waals surface area contributed by atoms with Crippen LogP contribution in [-0.2, 0) is 18.3 Å². The molecule has 0 aliphatic carbocycles. The first-order chi connectivity index (χ1) is 2.27. The van der Waals surface area contributed by atoms with Crippen molar-refractivity contribution in [3.63, 3.8) is 0 Å². The topological polar surface area (TPSA) is 0 Å². The molecule has 34 valence electrons. The smallest absolute Gasteiger partial charge is 1.00 e. The molecule has 0 bridgehead atoms. The number of hydrogen-bond acceptors (Lipinski definition) is 0. The first-order valence-corrected chi connectivity index (χ1v) is 4.16. The first-order valence-electron chi connectivity index (χ1n) is 2.06. The second-order valence-corrected chi connectivity index (χ2v) is 2.89. The summed E-state index contributed by atoms with van der Waals surface area (Å²) in [6.45, 7) is 4.51. The second-order valence-electron chi connectivity index (χ2n) is 1.68. The van der Waals surface area contributed by atoms with Crippen molar-refractivity contribution >= 4 is 0 Å². The summed E-state index contributed by atoms with van der Waals surface area (Å²) in [7, 11) is 0. The molecule has 0 fully saturated rings. The van der Waals surface area contributed by atoms with Crippen molar-refractivity contribution in [1.29, 1.82) is 0 Å². The van der Waals surface area contributed by atoms with Crippen LogP contribution in [0.25, 0.3) is 0 Å². The molecule has 0 amide bonds. The summed E-state index contributed by atoms with van der Waals surface area (Å²) < 4.78 is 0. The van der Waals surface area contributed by atoms with Gasteiger partial charge in [-0.3, -0.25) is 0 Å². The summed E-state index contributed by atoms with van der Waals surface area (Å²) in [5.41, 5.74) is 0. The van der Waals surface area contributed by atoms with Gasteiger partial charge >= 0.3 is 43.1 Å². The van der Waals surface area contributed by atoms with Crippen LogP contribution in [0.4, 0.5) is 0 Å². The van der Waals surface area contributed by atoms with Crippen LogP contribution in [0, 0.1) is 5.92 Å². The molecule has 0 aromatic carbocycles. The fourth-order valence-corrected chi connectivity index (χ4v) is 0. The van der Waals surface area contributed by atoms with Gasteiger partial charge in [-0.05, 0) is 0 Å². The molecule has 2 heteroatoms. The zero-order valence-electron chi connectivity index (χ0n) is 4.37. The van der Waals surface area contributed by atoms with Crippen molar-refractivity contribution in [3.05, 3.63) is 0 Å². The molecule has 0 spiro atoms. The fourth-order valence-electron chi connectivity index (χ4n) is 0. The minimum atomic E-state index is 0. The average Bonchev–Trinajstić information content (AvgIpc) is 1.38. The Labute approximate surface area is 55.8 Å². The van der Waals surface area contributed by atoms with E-state index in [9.17, 15) is 0 Å². The van der Waals surface area contributed by atoms with E-state index in [0.29, 0.717) is 0 Å². The van der Waals surface area contributed by atoms with E-state index in [2.05, 4.69) is 13.8 Å². The molecular formula is C4H9ClZn. The van der Waals surface area contributed by atoms with Gasteiger partial charge in [-0.2, -0.15) is 0 Å². The Kier molecular flexibility index (Phi) is 9.87. The zero-order valence-corrected chi connectivity index (χ0v) is 8.09. The van der Waals surface area contributed by atoms with E-state index >= 15 is 0 Å². The van der Waals surface area contributed by atoms with Crippen LogP contribution in [0.5, 0.6) is 0 Å². The summed E-state index contributed by atoms with van der Waals surface area (Å²) >= 11 is 1.46. The molecule has 6 heavy (non-hydrogen) atoms. The minimum Gasteiger partial charge on any atom is -1.00 e. The molecule has 0 aliphatic rings. The monoisotopic (exact) mass is 156 g/mol. The van der Waals surface area contributed by atoms with Gasteiger partial charge in [0.25, 0.3) is 0 Å². The Bertz CT molecular complexity index is 21.5. The molecule has 0 saturated heterocycles. The van der Waals surface area contributed by atoms with Gasteiger partial charge in [-0.15, -0.1) is 0 Å². The van der Waals surface area contributed by atoms with Gasteiger partial charge in [0.05, 0.1) is 0 Å². The maximum Gasteiger partial charge on any atom is -1.00 e. The zero-order chi connectivity index (χ0) is 4.28.